The quantitative estimate of drug-likeness (QED) is 0.434. The largest absolute Gasteiger partial charge is 0.383 e. The van der Waals surface area contributed by atoms with E-state index in [0.717, 1.165) is 17.0 Å². The van der Waals surface area contributed by atoms with Crippen LogP contribution in [-0.4, -0.2) is 29.9 Å². The zero-order valence-corrected chi connectivity index (χ0v) is 17.4. The molecule has 3 rings (SSSR count). The summed E-state index contributed by atoms with van der Waals surface area (Å²) in [7, 11) is 1.68. The van der Waals surface area contributed by atoms with E-state index in [1.807, 2.05) is 38.1 Å². The first-order valence-electron chi connectivity index (χ1n) is 9.71. The molecule has 0 spiro atoms. The van der Waals surface area contributed by atoms with Crippen LogP contribution in [0.3, 0.4) is 0 Å². The first-order valence-corrected chi connectivity index (χ1v) is 9.71. The van der Waals surface area contributed by atoms with Gasteiger partial charge in [-0.05, 0) is 26.8 Å². The standard InChI is InChI=1S/C24H27N2O3/c1-17-14-22(19(3)26(17)18(2)16-29-4)23(27)15-25-12-10-21(11-13-25)24(28)20-8-6-5-7-9-20/h5-14,18H,15-16H2,1-4H3/q+1/t18-/m1/s1. The smallest absolute Gasteiger partial charge is 0.229 e. The number of carbonyl (C=O) groups excluding carboxylic acids is 2. The number of carbonyl (C=O) groups is 2. The van der Waals surface area contributed by atoms with Crippen LogP contribution in [-0.2, 0) is 11.3 Å². The minimum atomic E-state index is -0.0280. The average Bonchev–Trinajstić information content (AvgIpc) is 3.03. The number of hydrogen-bond donors (Lipinski definition) is 0. The Hall–Kier alpha value is -3.05. The number of benzene rings is 1. The molecule has 29 heavy (non-hydrogen) atoms. The van der Waals surface area contributed by atoms with Gasteiger partial charge in [0.05, 0.1) is 12.6 Å². The van der Waals surface area contributed by atoms with Gasteiger partial charge in [0.2, 0.25) is 12.3 Å². The Kier molecular flexibility index (Phi) is 6.39. The van der Waals surface area contributed by atoms with E-state index in [4.69, 9.17) is 4.74 Å². The van der Waals surface area contributed by atoms with Gasteiger partial charge in [0.15, 0.2) is 18.2 Å². The number of ether oxygens (including phenoxy) is 1. The van der Waals surface area contributed by atoms with Crippen molar-refractivity contribution < 1.29 is 18.9 Å². The molecule has 0 aliphatic carbocycles. The molecule has 0 aliphatic heterocycles. The first-order chi connectivity index (χ1) is 13.9. The van der Waals surface area contributed by atoms with Gasteiger partial charge in [-0.25, -0.2) is 0 Å². The van der Waals surface area contributed by atoms with E-state index >= 15 is 0 Å². The summed E-state index contributed by atoms with van der Waals surface area (Å²) in [5, 5.41) is 0. The third-order valence-corrected chi connectivity index (χ3v) is 5.15. The Balaban J connectivity index is 1.75. The van der Waals surface area contributed by atoms with Crippen molar-refractivity contribution in [1.82, 2.24) is 4.57 Å². The van der Waals surface area contributed by atoms with Crippen LogP contribution in [0.4, 0.5) is 0 Å². The topological polar surface area (TPSA) is 52.2 Å². The van der Waals surface area contributed by atoms with Gasteiger partial charge in [-0.1, -0.05) is 30.3 Å². The van der Waals surface area contributed by atoms with Crippen molar-refractivity contribution in [3.05, 3.63) is 89.0 Å². The highest BCUT2D eigenvalue weighted by atomic mass is 16.5. The molecule has 0 fully saturated rings. The Bertz CT molecular complexity index is 1000. The minimum Gasteiger partial charge on any atom is -0.383 e. The predicted octanol–water partition coefficient (Wildman–Crippen LogP) is 3.71. The maximum atomic E-state index is 12.9. The monoisotopic (exact) mass is 391 g/mol. The molecule has 0 N–H and O–H groups in total. The van der Waals surface area contributed by atoms with Crippen molar-refractivity contribution in [1.29, 1.82) is 0 Å². The molecule has 1 aromatic carbocycles. The lowest BCUT2D eigenvalue weighted by molar-refractivity contribution is -0.683. The fourth-order valence-electron chi connectivity index (χ4n) is 3.77. The van der Waals surface area contributed by atoms with Crippen LogP contribution in [0.25, 0.3) is 0 Å². The van der Waals surface area contributed by atoms with E-state index in [0.29, 0.717) is 17.7 Å². The molecule has 2 heterocycles. The Labute approximate surface area is 171 Å². The second kappa shape index (κ2) is 8.97. The summed E-state index contributed by atoms with van der Waals surface area (Å²) in [6.45, 7) is 6.87. The number of nitrogens with zero attached hydrogens (tertiary/aromatic N) is 2. The van der Waals surface area contributed by atoms with Gasteiger partial charge in [0.25, 0.3) is 0 Å². The molecule has 0 saturated carbocycles. The number of aromatic nitrogens is 2. The third kappa shape index (κ3) is 4.51. The number of methoxy groups -OCH3 is 1. The minimum absolute atomic E-state index is 0.0280. The van der Waals surface area contributed by atoms with Crippen molar-refractivity contribution >= 4 is 11.6 Å². The average molecular weight is 391 g/mol. The molecule has 3 aromatic rings. The van der Waals surface area contributed by atoms with Crippen LogP contribution in [0.1, 0.15) is 50.6 Å². The number of pyridine rings is 1. The molecule has 1 atom stereocenters. The number of Topliss-reactive ketones (excluding diaryl/α,β-unsaturated/α-hetero) is 1. The molecule has 0 aliphatic rings. The van der Waals surface area contributed by atoms with E-state index in [-0.39, 0.29) is 24.2 Å². The molecule has 150 valence electrons. The van der Waals surface area contributed by atoms with Gasteiger partial charge >= 0.3 is 0 Å². The maximum absolute atomic E-state index is 12.9. The van der Waals surface area contributed by atoms with Gasteiger partial charge in [-0.3, -0.25) is 9.59 Å². The summed E-state index contributed by atoms with van der Waals surface area (Å²) in [5.41, 5.74) is 3.98. The van der Waals surface area contributed by atoms with E-state index in [1.165, 1.54) is 0 Å². The molecule has 5 heteroatoms. The highest BCUT2D eigenvalue weighted by Crippen LogP contribution is 2.21. The highest BCUT2D eigenvalue weighted by molar-refractivity contribution is 6.08. The number of ketones is 2. The van der Waals surface area contributed by atoms with Crippen LogP contribution < -0.4 is 4.57 Å². The molecule has 0 radical (unpaired) electrons. The SMILES string of the molecule is COC[C@@H](C)n1c(C)cc(C(=O)C[n+]2ccc(C(=O)c3ccccc3)cc2)c1C. The number of rotatable bonds is 8. The van der Waals surface area contributed by atoms with Crippen LogP contribution in [0.5, 0.6) is 0 Å². The van der Waals surface area contributed by atoms with E-state index in [9.17, 15) is 9.59 Å². The summed E-state index contributed by atoms with van der Waals surface area (Å²) in [4.78, 5) is 25.4. The summed E-state index contributed by atoms with van der Waals surface area (Å²) in [6.07, 6.45) is 3.56. The summed E-state index contributed by atoms with van der Waals surface area (Å²) in [5.74, 6) is 0.0147. The highest BCUT2D eigenvalue weighted by Gasteiger charge is 2.21. The normalized spacial score (nSPS) is 12.0. The van der Waals surface area contributed by atoms with Gasteiger partial charge in [0.1, 0.15) is 0 Å². The Morgan fingerprint density at radius 1 is 1.03 bits per heavy atom. The lowest BCUT2D eigenvalue weighted by Gasteiger charge is -2.17. The van der Waals surface area contributed by atoms with Crippen LogP contribution in [0, 0.1) is 13.8 Å². The molecule has 5 nitrogen and oxygen atoms in total. The van der Waals surface area contributed by atoms with Gasteiger partial charge in [-0.15, -0.1) is 0 Å². The molecule has 0 saturated heterocycles. The van der Waals surface area contributed by atoms with Crippen LogP contribution >= 0.6 is 0 Å². The van der Waals surface area contributed by atoms with Gasteiger partial charge < -0.3 is 9.30 Å². The van der Waals surface area contributed by atoms with Gasteiger partial charge in [0, 0.05) is 47.3 Å². The molecular weight excluding hydrogens is 364 g/mol. The third-order valence-electron chi connectivity index (χ3n) is 5.15. The zero-order valence-electron chi connectivity index (χ0n) is 17.4. The maximum Gasteiger partial charge on any atom is 0.229 e. The second-order valence-corrected chi connectivity index (χ2v) is 7.34. The zero-order chi connectivity index (χ0) is 21.0. The van der Waals surface area contributed by atoms with Crippen molar-refractivity contribution in [3.63, 3.8) is 0 Å². The van der Waals surface area contributed by atoms with E-state index < -0.39 is 0 Å². The Morgan fingerprint density at radius 3 is 2.28 bits per heavy atom. The van der Waals surface area contributed by atoms with Crippen molar-refractivity contribution in [2.75, 3.05) is 13.7 Å². The summed E-state index contributed by atoms with van der Waals surface area (Å²) < 4.78 is 9.20. The van der Waals surface area contributed by atoms with Crippen LogP contribution in [0.15, 0.2) is 60.9 Å². The van der Waals surface area contributed by atoms with Crippen molar-refractivity contribution in [3.8, 4) is 0 Å². The van der Waals surface area contributed by atoms with Gasteiger partial charge in [-0.2, -0.15) is 4.57 Å². The van der Waals surface area contributed by atoms with E-state index in [2.05, 4.69) is 11.5 Å². The molecule has 0 amide bonds. The lowest BCUT2D eigenvalue weighted by Crippen LogP contribution is -2.37. The fraction of sp³-hybridized carbons (Fsp3) is 0.292. The molecule has 0 unspecified atom stereocenters. The molecule has 0 bridgehead atoms. The summed E-state index contributed by atoms with van der Waals surface area (Å²) in [6, 6.07) is 14.8. The number of aryl methyl sites for hydroxylation is 1. The van der Waals surface area contributed by atoms with Crippen LogP contribution in [0.2, 0.25) is 0 Å². The predicted molar refractivity (Wildman–Crippen MR) is 111 cm³/mol. The molecular formula is C24H27N2O3+. The second-order valence-electron chi connectivity index (χ2n) is 7.34. The van der Waals surface area contributed by atoms with E-state index in [1.54, 1.807) is 48.3 Å². The number of hydrogen-bond acceptors (Lipinski definition) is 3. The molecule has 2 aromatic heterocycles. The van der Waals surface area contributed by atoms with Crippen molar-refractivity contribution in [2.24, 2.45) is 0 Å². The fourth-order valence-corrected chi connectivity index (χ4v) is 3.77. The first kappa shape index (κ1) is 20.7. The Morgan fingerprint density at radius 2 is 1.66 bits per heavy atom. The summed E-state index contributed by atoms with van der Waals surface area (Å²) >= 11 is 0. The van der Waals surface area contributed by atoms with Crippen molar-refractivity contribution in [2.45, 2.75) is 33.4 Å². The lowest BCUT2D eigenvalue weighted by atomic mass is 10.0.